The van der Waals surface area contributed by atoms with Gasteiger partial charge in [0.1, 0.15) is 4.21 Å². The molecule has 0 aliphatic carbocycles. The molecule has 2 aromatic heterocycles. The molecule has 170 valence electrons. The summed E-state index contributed by atoms with van der Waals surface area (Å²) in [4.78, 5) is 12.2. The van der Waals surface area contributed by atoms with Crippen LogP contribution in [0.2, 0.25) is 0 Å². The molecule has 0 spiro atoms. The van der Waals surface area contributed by atoms with E-state index in [2.05, 4.69) is 0 Å². The van der Waals surface area contributed by atoms with Crippen LogP contribution in [0.1, 0.15) is 16.7 Å². The molecule has 1 amide bonds. The van der Waals surface area contributed by atoms with Crippen molar-refractivity contribution in [3.63, 3.8) is 0 Å². The molecule has 0 atom stereocenters. The van der Waals surface area contributed by atoms with Gasteiger partial charge in [-0.15, -0.1) is 11.3 Å². The topological polar surface area (TPSA) is 68.2 Å². The molecule has 2 heterocycles. The Morgan fingerprint density at radius 1 is 1.06 bits per heavy atom. The number of aromatic nitrogens is 1. The minimum absolute atomic E-state index is 0.0290. The van der Waals surface area contributed by atoms with Crippen LogP contribution in [0.4, 0.5) is 13.2 Å². The number of para-hydroxylation sites is 1. The molecule has 0 unspecified atom stereocenters. The van der Waals surface area contributed by atoms with Gasteiger partial charge in [0.15, 0.2) is 0 Å². The van der Waals surface area contributed by atoms with Gasteiger partial charge in [-0.3, -0.25) is 4.79 Å². The van der Waals surface area contributed by atoms with Crippen LogP contribution >= 0.6 is 11.3 Å². The monoisotopic (exact) mass is 490 g/mol. The maximum absolute atomic E-state index is 13.1. The molecule has 4 aromatic rings. The lowest BCUT2D eigenvalue weighted by Gasteiger charge is -2.11. The van der Waals surface area contributed by atoms with Crippen molar-refractivity contribution in [2.75, 3.05) is 0 Å². The molecule has 0 aliphatic rings. The summed E-state index contributed by atoms with van der Waals surface area (Å²) in [5.74, 6) is -0.809. The zero-order chi connectivity index (χ0) is 23.6. The molecular formula is C23H17F3N2O3S2. The van der Waals surface area contributed by atoms with E-state index in [0.29, 0.717) is 16.6 Å². The number of hydrogen-bond donors (Lipinski definition) is 1. The Morgan fingerprint density at radius 3 is 2.58 bits per heavy atom. The molecule has 0 saturated carbocycles. The zero-order valence-corrected chi connectivity index (χ0v) is 18.5. The van der Waals surface area contributed by atoms with Gasteiger partial charge in [-0.1, -0.05) is 36.4 Å². The predicted octanol–water partition coefficient (Wildman–Crippen LogP) is 5.29. The maximum Gasteiger partial charge on any atom is 0.416 e. The summed E-state index contributed by atoms with van der Waals surface area (Å²) in [6.45, 7) is 0.192. The number of sulfonamides is 1. The van der Waals surface area contributed by atoms with E-state index < -0.39 is 27.7 Å². The van der Waals surface area contributed by atoms with Crippen molar-refractivity contribution in [3.05, 3.63) is 95.0 Å². The number of amides is 1. The number of fused-ring (bicyclic) bond motifs is 1. The first-order chi connectivity index (χ1) is 15.6. The van der Waals surface area contributed by atoms with E-state index in [1.54, 1.807) is 40.4 Å². The number of hydrogen-bond acceptors (Lipinski definition) is 4. The molecule has 0 aliphatic heterocycles. The summed E-state index contributed by atoms with van der Waals surface area (Å²) in [5.41, 5.74) is 1.08. The summed E-state index contributed by atoms with van der Waals surface area (Å²) in [7, 11) is -3.95. The second-order valence-corrected chi connectivity index (χ2v) is 10.0. The zero-order valence-electron chi connectivity index (χ0n) is 16.9. The average Bonchev–Trinajstić information content (AvgIpc) is 3.43. The van der Waals surface area contributed by atoms with Gasteiger partial charge in [0.05, 0.1) is 11.1 Å². The minimum atomic E-state index is -4.43. The fourth-order valence-corrected chi connectivity index (χ4v) is 5.34. The molecule has 0 saturated heterocycles. The standard InChI is InChI=1S/C23H17F3N2O3S2/c24-23(25,26)19-7-1-4-16(14-19)15-28-12-11-18-6-2-5-17(22(18)28)9-10-20(29)27-33(30,31)21-8-3-13-32-21/h1-14H,15H2,(H,27,29)/b10-9+. The second kappa shape index (κ2) is 8.87. The third-order valence-electron chi connectivity index (χ3n) is 4.84. The Morgan fingerprint density at radius 2 is 1.85 bits per heavy atom. The number of benzene rings is 2. The lowest BCUT2D eigenvalue weighted by Crippen LogP contribution is -2.28. The van der Waals surface area contributed by atoms with Crippen molar-refractivity contribution >= 4 is 44.2 Å². The molecule has 33 heavy (non-hydrogen) atoms. The van der Waals surface area contributed by atoms with E-state index >= 15 is 0 Å². The molecule has 0 bridgehead atoms. The Bertz CT molecular complexity index is 1440. The van der Waals surface area contributed by atoms with Crippen molar-refractivity contribution in [2.24, 2.45) is 0 Å². The lowest BCUT2D eigenvalue weighted by atomic mass is 10.1. The number of carbonyl (C=O) groups excluding carboxylic acids is 1. The van der Waals surface area contributed by atoms with Gasteiger partial charge in [-0.05, 0) is 46.8 Å². The molecule has 0 fully saturated rings. The van der Waals surface area contributed by atoms with Gasteiger partial charge in [-0.2, -0.15) is 13.2 Å². The van der Waals surface area contributed by atoms with Gasteiger partial charge in [0.2, 0.25) is 0 Å². The van der Waals surface area contributed by atoms with Crippen molar-refractivity contribution in [1.29, 1.82) is 0 Å². The minimum Gasteiger partial charge on any atom is -0.343 e. The Hall–Kier alpha value is -3.37. The summed E-state index contributed by atoms with van der Waals surface area (Å²) in [5, 5.41) is 2.42. The highest BCUT2D eigenvalue weighted by atomic mass is 32.2. The van der Waals surface area contributed by atoms with Crippen LogP contribution in [0, 0.1) is 0 Å². The quantitative estimate of drug-likeness (QED) is 0.374. The molecule has 4 rings (SSSR count). The summed E-state index contributed by atoms with van der Waals surface area (Å²) in [6, 6.07) is 15.2. The predicted molar refractivity (Wildman–Crippen MR) is 121 cm³/mol. The first-order valence-corrected chi connectivity index (χ1v) is 12.0. The summed E-state index contributed by atoms with van der Waals surface area (Å²) in [6.07, 6.45) is -0.0884. The first-order valence-electron chi connectivity index (χ1n) is 9.66. The molecule has 2 aromatic carbocycles. The fourth-order valence-electron chi connectivity index (χ4n) is 3.40. The van der Waals surface area contributed by atoms with E-state index in [1.165, 1.54) is 18.2 Å². The van der Waals surface area contributed by atoms with Crippen LogP contribution in [0.25, 0.3) is 17.0 Å². The second-order valence-electron chi connectivity index (χ2n) is 7.16. The first kappa shape index (κ1) is 22.8. The third kappa shape index (κ3) is 5.18. The molecule has 0 radical (unpaired) electrons. The largest absolute Gasteiger partial charge is 0.416 e. The number of halogens is 3. The number of alkyl halides is 3. The van der Waals surface area contributed by atoms with Crippen LogP contribution in [-0.2, 0) is 27.5 Å². The van der Waals surface area contributed by atoms with Crippen molar-refractivity contribution in [2.45, 2.75) is 16.9 Å². The molecule has 10 heteroatoms. The van der Waals surface area contributed by atoms with Crippen LogP contribution in [0.5, 0.6) is 0 Å². The Kier molecular flexibility index (Phi) is 6.13. The fraction of sp³-hybridized carbons (Fsp3) is 0.0870. The van der Waals surface area contributed by atoms with E-state index in [1.807, 2.05) is 16.9 Å². The van der Waals surface area contributed by atoms with Crippen molar-refractivity contribution in [3.8, 4) is 0 Å². The molecular weight excluding hydrogens is 473 g/mol. The normalized spacial score (nSPS) is 12.5. The maximum atomic E-state index is 13.1. The van der Waals surface area contributed by atoms with Gasteiger partial charge >= 0.3 is 6.18 Å². The van der Waals surface area contributed by atoms with Crippen LogP contribution in [-0.4, -0.2) is 18.9 Å². The van der Waals surface area contributed by atoms with Crippen LogP contribution in [0.15, 0.2) is 82.5 Å². The Balaban J connectivity index is 1.60. The highest BCUT2D eigenvalue weighted by molar-refractivity contribution is 7.92. The highest BCUT2D eigenvalue weighted by Crippen LogP contribution is 2.30. The van der Waals surface area contributed by atoms with Gasteiger partial charge in [0.25, 0.3) is 15.9 Å². The average molecular weight is 491 g/mol. The van der Waals surface area contributed by atoms with Crippen molar-refractivity contribution < 1.29 is 26.4 Å². The smallest absolute Gasteiger partial charge is 0.343 e. The number of carbonyl (C=O) groups is 1. The third-order valence-corrected chi connectivity index (χ3v) is 7.58. The number of nitrogens with one attached hydrogen (secondary N) is 1. The van der Waals surface area contributed by atoms with E-state index in [4.69, 9.17) is 0 Å². The molecule has 1 N–H and O–H groups in total. The van der Waals surface area contributed by atoms with Crippen LogP contribution in [0.3, 0.4) is 0 Å². The van der Waals surface area contributed by atoms with E-state index in [0.717, 1.165) is 34.9 Å². The molecule has 5 nitrogen and oxygen atoms in total. The Labute approximate surface area is 191 Å². The lowest BCUT2D eigenvalue weighted by molar-refractivity contribution is -0.137. The van der Waals surface area contributed by atoms with Gasteiger partial charge in [-0.25, -0.2) is 13.1 Å². The summed E-state index contributed by atoms with van der Waals surface area (Å²) < 4.78 is 67.4. The van der Waals surface area contributed by atoms with Crippen LogP contribution < -0.4 is 4.72 Å². The van der Waals surface area contributed by atoms with Gasteiger partial charge < -0.3 is 4.57 Å². The van der Waals surface area contributed by atoms with Gasteiger partial charge in [0, 0.05) is 24.2 Å². The number of nitrogens with zero attached hydrogens (tertiary/aromatic N) is 1. The summed E-state index contributed by atoms with van der Waals surface area (Å²) >= 11 is 0.994. The van der Waals surface area contributed by atoms with E-state index in [-0.39, 0.29) is 10.8 Å². The highest BCUT2D eigenvalue weighted by Gasteiger charge is 2.30. The van der Waals surface area contributed by atoms with E-state index in [9.17, 15) is 26.4 Å². The number of thiophene rings is 1. The number of rotatable bonds is 6. The SMILES string of the molecule is O=C(/C=C/c1cccc2ccn(Cc3cccc(C(F)(F)F)c3)c12)NS(=O)(=O)c1cccs1. The van der Waals surface area contributed by atoms with Crippen molar-refractivity contribution in [1.82, 2.24) is 9.29 Å².